The number of ether oxygens (including phenoxy) is 2. The fourth-order valence-electron chi connectivity index (χ4n) is 5.56. The van der Waals surface area contributed by atoms with Gasteiger partial charge in [0.05, 0.1) is 24.8 Å². The number of hydrogen-bond donors (Lipinski definition) is 1. The molecule has 1 saturated carbocycles. The highest BCUT2D eigenvalue weighted by molar-refractivity contribution is 5.81. The van der Waals surface area contributed by atoms with Gasteiger partial charge in [0, 0.05) is 48.3 Å². The number of rotatable bonds is 4. The molecule has 1 N–H and O–H groups in total. The van der Waals surface area contributed by atoms with E-state index < -0.39 is 0 Å². The van der Waals surface area contributed by atoms with E-state index >= 15 is 0 Å². The number of fused-ring (bicyclic) bond motifs is 4. The number of carbonyl (C=O) groups is 1. The number of carbonyl (C=O) groups excluding carboxylic acids is 1. The van der Waals surface area contributed by atoms with Crippen LogP contribution >= 0.6 is 0 Å². The minimum atomic E-state index is 0.433. The molecule has 0 spiro atoms. The maximum Gasteiger partial charge on any atom is 0.293 e. The van der Waals surface area contributed by atoms with Gasteiger partial charge >= 0.3 is 0 Å². The Balaban J connectivity index is 1.59. The lowest BCUT2D eigenvalue weighted by atomic mass is 9.66. The number of pyridine rings is 1. The molecule has 0 radical (unpaired) electrons. The number of H-pyrrole nitrogens is 1. The molecule has 6 heteroatoms. The van der Waals surface area contributed by atoms with Crippen LogP contribution in [-0.4, -0.2) is 54.2 Å². The zero-order valence-corrected chi connectivity index (χ0v) is 14.4. The van der Waals surface area contributed by atoms with Crippen LogP contribution in [0.3, 0.4) is 0 Å². The average Bonchev–Trinajstić information content (AvgIpc) is 2.97. The number of aromatic amines is 1. The van der Waals surface area contributed by atoms with E-state index in [0.717, 1.165) is 24.0 Å². The average molecular weight is 341 g/mol. The van der Waals surface area contributed by atoms with E-state index in [4.69, 9.17) is 14.5 Å². The molecule has 5 unspecified atom stereocenters. The molecule has 2 saturated heterocycles. The van der Waals surface area contributed by atoms with E-state index in [1.54, 1.807) is 7.11 Å². The molecule has 2 aromatic heterocycles. The molecule has 0 aromatic carbocycles. The Hall–Kier alpha value is -2.08. The van der Waals surface area contributed by atoms with Crippen molar-refractivity contribution in [2.75, 3.05) is 26.8 Å². The predicted octanol–water partition coefficient (Wildman–Crippen LogP) is 2.09. The highest BCUT2D eigenvalue weighted by Gasteiger charge is 2.49. The first-order valence-electron chi connectivity index (χ1n) is 9.13. The highest BCUT2D eigenvalue weighted by Crippen LogP contribution is 2.50. The standard InChI is InChI=1S/C19H23N3O3/c1-24-16-3-2-15-18(21-16)13-4-5-22-8-11-6-12(9-25-10-23)19(22)14(7-11)17(13)20-15/h2-3,10-12,14,19-20H,4-9H2,1H3. The molecule has 5 atom stereocenters. The molecule has 3 aliphatic heterocycles. The summed E-state index contributed by atoms with van der Waals surface area (Å²) in [6, 6.07) is 4.45. The molecule has 6 rings (SSSR count). The summed E-state index contributed by atoms with van der Waals surface area (Å²) in [5, 5.41) is 0. The number of methoxy groups -OCH3 is 1. The van der Waals surface area contributed by atoms with E-state index in [1.807, 2.05) is 6.07 Å². The zero-order chi connectivity index (χ0) is 17.0. The quantitative estimate of drug-likeness (QED) is 0.863. The van der Waals surface area contributed by atoms with Crippen molar-refractivity contribution in [2.24, 2.45) is 11.8 Å². The summed E-state index contributed by atoms with van der Waals surface area (Å²) >= 11 is 0. The largest absolute Gasteiger partial charge is 0.481 e. The molecule has 6 nitrogen and oxygen atoms in total. The normalized spacial score (nSPS) is 32.9. The van der Waals surface area contributed by atoms with Crippen LogP contribution in [0.25, 0.3) is 11.0 Å². The van der Waals surface area contributed by atoms with Gasteiger partial charge in [-0.1, -0.05) is 0 Å². The van der Waals surface area contributed by atoms with Crippen molar-refractivity contribution in [3.63, 3.8) is 0 Å². The lowest BCUT2D eigenvalue weighted by Crippen LogP contribution is -2.57. The second-order valence-electron chi connectivity index (χ2n) is 7.64. The fraction of sp³-hybridized carbons (Fsp3) is 0.579. The summed E-state index contributed by atoms with van der Waals surface area (Å²) in [7, 11) is 1.66. The van der Waals surface area contributed by atoms with E-state index in [2.05, 4.69) is 16.0 Å². The summed E-state index contributed by atoms with van der Waals surface area (Å²) in [5.74, 6) is 2.27. The second-order valence-corrected chi connectivity index (χ2v) is 7.64. The molecule has 0 amide bonds. The van der Waals surface area contributed by atoms with Crippen LogP contribution in [0.15, 0.2) is 12.1 Å². The van der Waals surface area contributed by atoms with Crippen molar-refractivity contribution in [3.8, 4) is 5.88 Å². The zero-order valence-electron chi connectivity index (χ0n) is 14.4. The molecule has 3 fully saturated rings. The maximum absolute atomic E-state index is 10.7. The monoisotopic (exact) mass is 341 g/mol. The molecule has 132 valence electrons. The molecule has 4 aliphatic rings. The van der Waals surface area contributed by atoms with E-state index in [0.29, 0.717) is 42.8 Å². The van der Waals surface area contributed by atoms with Crippen LogP contribution < -0.4 is 4.74 Å². The van der Waals surface area contributed by atoms with Crippen LogP contribution in [0, 0.1) is 11.8 Å². The Bertz CT molecular complexity index is 818. The SMILES string of the molecule is COc1ccc2[nH]c3c(c2n1)CCN1CC2CC(COC=O)C1C3C2. The lowest BCUT2D eigenvalue weighted by Gasteiger charge is -2.52. The Morgan fingerprint density at radius 3 is 3.16 bits per heavy atom. The Morgan fingerprint density at radius 1 is 1.40 bits per heavy atom. The first-order valence-corrected chi connectivity index (χ1v) is 9.13. The number of nitrogens with zero attached hydrogens (tertiary/aromatic N) is 2. The molecule has 5 heterocycles. The van der Waals surface area contributed by atoms with Gasteiger partial charge in [-0.15, -0.1) is 0 Å². The van der Waals surface area contributed by atoms with Crippen molar-refractivity contribution in [2.45, 2.75) is 31.2 Å². The number of nitrogens with one attached hydrogen (secondary N) is 1. The minimum Gasteiger partial charge on any atom is -0.481 e. The number of aromatic nitrogens is 2. The van der Waals surface area contributed by atoms with E-state index in [9.17, 15) is 4.79 Å². The summed E-state index contributed by atoms with van der Waals surface area (Å²) in [4.78, 5) is 21.7. The Labute approximate surface area is 146 Å². The van der Waals surface area contributed by atoms with Gasteiger partial charge in [0.1, 0.15) is 0 Å². The van der Waals surface area contributed by atoms with Gasteiger partial charge in [-0.25, -0.2) is 4.98 Å². The van der Waals surface area contributed by atoms with Gasteiger partial charge in [-0.2, -0.15) is 0 Å². The van der Waals surface area contributed by atoms with Gasteiger partial charge in [0.2, 0.25) is 5.88 Å². The van der Waals surface area contributed by atoms with Crippen LogP contribution in [0.4, 0.5) is 0 Å². The minimum absolute atomic E-state index is 0.433. The second kappa shape index (κ2) is 5.73. The Kier molecular flexibility index (Phi) is 3.48. The summed E-state index contributed by atoms with van der Waals surface area (Å²) in [5.41, 5.74) is 4.86. The van der Waals surface area contributed by atoms with Crippen molar-refractivity contribution in [3.05, 3.63) is 23.4 Å². The van der Waals surface area contributed by atoms with Crippen molar-refractivity contribution in [1.29, 1.82) is 0 Å². The van der Waals surface area contributed by atoms with Crippen LogP contribution in [0.5, 0.6) is 5.88 Å². The molecular weight excluding hydrogens is 318 g/mol. The third-order valence-corrected chi connectivity index (χ3v) is 6.39. The van der Waals surface area contributed by atoms with Gasteiger partial charge in [-0.05, 0) is 31.2 Å². The first kappa shape index (κ1) is 15.2. The summed E-state index contributed by atoms with van der Waals surface area (Å²) in [6.45, 7) is 3.36. The summed E-state index contributed by atoms with van der Waals surface area (Å²) < 4.78 is 10.5. The van der Waals surface area contributed by atoms with Crippen LogP contribution in [0.2, 0.25) is 0 Å². The van der Waals surface area contributed by atoms with Gasteiger partial charge in [-0.3, -0.25) is 9.69 Å². The predicted molar refractivity (Wildman–Crippen MR) is 92.7 cm³/mol. The molecular formula is C19H23N3O3. The molecule has 1 aliphatic carbocycles. The van der Waals surface area contributed by atoms with Crippen molar-refractivity contribution in [1.82, 2.24) is 14.9 Å². The third kappa shape index (κ3) is 2.27. The molecule has 2 aromatic rings. The smallest absolute Gasteiger partial charge is 0.293 e. The van der Waals surface area contributed by atoms with E-state index in [1.165, 1.54) is 30.6 Å². The maximum atomic E-state index is 10.7. The van der Waals surface area contributed by atoms with Gasteiger partial charge < -0.3 is 14.5 Å². The summed E-state index contributed by atoms with van der Waals surface area (Å²) in [6.07, 6.45) is 3.40. The first-order chi connectivity index (χ1) is 12.3. The van der Waals surface area contributed by atoms with Crippen LogP contribution in [-0.2, 0) is 16.0 Å². The van der Waals surface area contributed by atoms with Gasteiger partial charge in [0.25, 0.3) is 6.47 Å². The number of hydrogen-bond acceptors (Lipinski definition) is 5. The van der Waals surface area contributed by atoms with Crippen molar-refractivity contribution >= 4 is 17.5 Å². The topological polar surface area (TPSA) is 67.4 Å². The lowest BCUT2D eigenvalue weighted by molar-refractivity contribution is -0.133. The van der Waals surface area contributed by atoms with E-state index in [-0.39, 0.29) is 0 Å². The Morgan fingerprint density at radius 2 is 2.32 bits per heavy atom. The molecule has 25 heavy (non-hydrogen) atoms. The fourth-order valence-corrected chi connectivity index (χ4v) is 5.56. The molecule has 4 bridgehead atoms. The van der Waals surface area contributed by atoms with Crippen molar-refractivity contribution < 1.29 is 14.3 Å². The van der Waals surface area contributed by atoms with Gasteiger partial charge in [0.15, 0.2) is 0 Å². The van der Waals surface area contributed by atoms with Crippen LogP contribution in [0.1, 0.15) is 30.0 Å². The number of piperidine rings is 2. The highest BCUT2D eigenvalue weighted by atomic mass is 16.5. The third-order valence-electron chi connectivity index (χ3n) is 6.39.